The van der Waals surface area contributed by atoms with Crippen LogP contribution in [0.2, 0.25) is 5.02 Å². The minimum absolute atomic E-state index is 0.456. The van der Waals surface area contributed by atoms with Crippen LogP contribution in [0.3, 0.4) is 0 Å². The Kier molecular flexibility index (Phi) is 6.53. The van der Waals surface area contributed by atoms with E-state index >= 15 is 0 Å². The SMILES string of the molecule is Cc1ccc(Nc2nc(Nc3ccc(C(C)C)cc3)nc(N3CCOCC3)n2)cc1Cl. The van der Waals surface area contributed by atoms with Gasteiger partial charge in [0, 0.05) is 29.5 Å². The van der Waals surface area contributed by atoms with Gasteiger partial charge in [0.15, 0.2) is 0 Å². The van der Waals surface area contributed by atoms with E-state index in [1.807, 2.05) is 37.3 Å². The predicted octanol–water partition coefficient (Wildman–Crippen LogP) is 5.28. The number of anilines is 5. The molecule has 0 bridgehead atoms. The molecule has 3 aromatic rings. The average molecular weight is 439 g/mol. The first-order valence-corrected chi connectivity index (χ1v) is 10.8. The Morgan fingerprint density at radius 3 is 2.13 bits per heavy atom. The highest BCUT2D eigenvalue weighted by Gasteiger charge is 2.17. The molecule has 2 heterocycles. The van der Waals surface area contributed by atoms with Crippen molar-refractivity contribution >= 4 is 40.8 Å². The van der Waals surface area contributed by atoms with Crippen LogP contribution >= 0.6 is 11.6 Å². The third kappa shape index (κ3) is 5.42. The number of aryl methyl sites for hydroxylation is 1. The molecule has 1 aliphatic rings. The molecule has 2 aromatic carbocycles. The number of aromatic nitrogens is 3. The summed E-state index contributed by atoms with van der Waals surface area (Å²) in [6, 6.07) is 14.1. The first-order valence-electron chi connectivity index (χ1n) is 10.5. The second-order valence-electron chi connectivity index (χ2n) is 7.87. The fraction of sp³-hybridized carbons (Fsp3) is 0.348. The molecule has 1 aliphatic heterocycles. The second kappa shape index (κ2) is 9.49. The highest BCUT2D eigenvalue weighted by molar-refractivity contribution is 6.31. The summed E-state index contributed by atoms with van der Waals surface area (Å²) in [5.41, 5.74) is 4.05. The van der Waals surface area contributed by atoms with Gasteiger partial charge in [0.1, 0.15) is 0 Å². The van der Waals surface area contributed by atoms with Crippen molar-refractivity contribution in [3.63, 3.8) is 0 Å². The van der Waals surface area contributed by atoms with Crippen LogP contribution in [0.1, 0.15) is 30.9 Å². The zero-order valence-corrected chi connectivity index (χ0v) is 18.8. The van der Waals surface area contributed by atoms with Crippen molar-refractivity contribution in [2.75, 3.05) is 41.8 Å². The highest BCUT2D eigenvalue weighted by atomic mass is 35.5. The van der Waals surface area contributed by atoms with Gasteiger partial charge in [-0.05, 0) is 48.2 Å². The van der Waals surface area contributed by atoms with Crippen molar-refractivity contribution in [2.45, 2.75) is 26.7 Å². The van der Waals surface area contributed by atoms with E-state index in [-0.39, 0.29) is 0 Å². The number of ether oxygens (including phenoxy) is 1. The Morgan fingerprint density at radius 2 is 1.52 bits per heavy atom. The lowest BCUT2D eigenvalue weighted by Crippen LogP contribution is -2.37. The van der Waals surface area contributed by atoms with Gasteiger partial charge >= 0.3 is 0 Å². The molecule has 0 atom stereocenters. The molecular formula is C23H27ClN6O. The number of rotatable bonds is 6. The Labute approximate surface area is 187 Å². The predicted molar refractivity (Wildman–Crippen MR) is 126 cm³/mol. The van der Waals surface area contributed by atoms with Gasteiger partial charge in [-0.3, -0.25) is 0 Å². The normalized spacial score (nSPS) is 14.0. The monoisotopic (exact) mass is 438 g/mol. The lowest BCUT2D eigenvalue weighted by Gasteiger charge is -2.27. The van der Waals surface area contributed by atoms with Crippen molar-refractivity contribution in [2.24, 2.45) is 0 Å². The third-order valence-corrected chi connectivity index (χ3v) is 5.59. The van der Waals surface area contributed by atoms with Crippen LogP contribution in [0.5, 0.6) is 0 Å². The highest BCUT2D eigenvalue weighted by Crippen LogP contribution is 2.25. The maximum Gasteiger partial charge on any atom is 0.233 e. The number of hydrogen-bond acceptors (Lipinski definition) is 7. The standard InChI is InChI=1S/C23H27ClN6O/c1-15(2)17-5-8-18(9-6-17)25-21-27-22(26-19-7-4-16(3)20(24)14-19)29-23(28-21)30-10-12-31-13-11-30/h4-9,14-15H,10-13H2,1-3H3,(H2,25,26,27,28,29). The third-order valence-electron chi connectivity index (χ3n) is 5.18. The Morgan fingerprint density at radius 1 is 0.903 bits per heavy atom. The topological polar surface area (TPSA) is 75.2 Å². The van der Waals surface area contributed by atoms with Crippen molar-refractivity contribution in [3.05, 3.63) is 58.6 Å². The molecule has 1 aromatic heterocycles. The van der Waals surface area contributed by atoms with Gasteiger partial charge in [-0.2, -0.15) is 15.0 Å². The van der Waals surface area contributed by atoms with Crippen LogP contribution in [0.15, 0.2) is 42.5 Å². The molecule has 0 saturated carbocycles. The molecule has 31 heavy (non-hydrogen) atoms. The number of halogens is 1. The van der Waals surface area contributed by atoms with Gasteiger partial charge < -0.3 is 20.3 Å². The van der Waals surface area contributed by atoms with E-state index in [1.54, 1.807) is 0 Å². The van der Waals surface area contributed by atoms with E-state index in [4.69, 9.17) is 16.3 Å². The van der Waals surface area contributed by atoms with Gasteiger partial charge in [-0.15, -0.1) is 0 Å². The summed E-state index contributed by atoms with van der Waals surface area (Å²) in [4.78, 5) is 16.0. The molecule has 1 fully saturated rings. The first kappa shape index (κ1) is 21.3. The summed E-state index contributed by atoms with van der Waals surface area (Å²) in [5, 5.41) is 7.26. The number of benzene rings is 2. The van der Waals surface area contributed by atoms with Gasteiger partial charge in [0.05, 0.1) is 13.2 Å². The Balaban J connectivity index is 1.62. The van der Waals surface area contributed by atoms with E-state index in [9.17, 15) is 0 Å². The smallest absolute Gasteiger partial charge is 0.233 e. The molecule has 0 unspecified atom stereocenters. The van der Waals surface area contributed by atoms with Crippen LogP contribution in [-0.4, -0.2) is 41.3 Å². The van der Waals surface area contributed by atoms with E-state index in [2.05, 4.69) is 56.5 Å². The molecular weight excluding hydrogens is 412 g/mol. The molecule has 0 radical (unpaired) electrons. The van der Waals surface area contributed by atoms with Crippen LogP contribution < -0.4 is 15.5 Å². The average Bonchev–Trinajstić information content (AvgIpc) is 2.77. The summed E-state index contributed by atoms with van der Waals surface area (Å²) in [5.74, 6) is 2.03. The lowest BCUT2D eigenvalue weighted by atomic mass is 10.0. The number of hydrogen-bond donors (Lipinski definition) is 2. The maximum absolute atomic E-state index is 6.28. The van der Waals surface area contributed by atoms with Gasteiger partial charge in [-0.1, -0.05) is 43.6 Å². The summed E-state index contributed by atoms with van der Waals surface area (Å²) in [6.45, 7) is 9.11. The molecule has 8 heteroatoms. The summed E-state index contributed by atoms with van der Waals surface area (Å²) in [6.07, 6.45) is 0. The van der Waals surface area contributed by atoms with Crippen LogP contribution in [0.4, 0.5) is 29.2 Å². The minimum Gasteiger partial charge on any atom is -0.378 e. The summed E-state index contributed by atoms with van der Waals surface area (Å²) < 4.78 is 5.47. The van der Waals surface area contributed by atoms with Crippen LogP contribution in [-0.2, 0) is 4.74 Å². The summed E-state index contributed by atoms with van der Waals surface area (Å²) in [7, 11) is 0. The molecule has 7 nitrogen and oxygen atoms in total. The second-order valence-corrected chi connectivity index (χ2v) is 8.28. The van der Waals surface area contributed by atoms with Crippen LogP contribution in [0, 0.1) is 6.92 Å². The molecule has 0 spiro atoms. The van der Waals surface area contributed by atoms with Crippen molar-refractivity contribution in [3.8, 4) is 0 Å². The number of morpholine rings is 1. The molecule has 162 valence electrons. The number of nitrogens with one attached hydrogen (secondary N) is 2. The van der Waals surface area contributed by atoms with E-state index in [0.29, 0.717) is 42.0 Å². The minimum atomic E-state index is 0.456. The van der Waals surface area contributed by atoms with Gasteiger partial charge in [0.2, 0.25) is 17.8 Å². The Hall–Kier alpha value is -2.90. The fourth-order valence-corrected chi connectivity index (χ4v) is 3.44. The Bertz CT molecular complexity index is 1030. The van der Waals surface area contributed by atoms with Crippen molar-refractivity contribution < 1.29 is 4.74 Å². The first-order chi connectivity index (χ1) is 15.0. The largest absolute Gasteiger partial charge is 0.378 e. The van der Waals surface area contributed by atoms with E-state index in [0.717, 1.165) is 30.0 Å². The van der Waals surface area contributed by atoms with Crippen LogP contribution in [0.25, 0.3) is 0 Å². The van der Waals surface area contributed by atoms with Gasteiger partial charge in [0.25, 0.3) is 0 Å². The number of nitrogens with zero attached hydrogens (tertiary/aromatic N) is 4. The van der Waals surface area contributed by atoms with Crippen molar-refractivity contribution in [1.29, 1.82) is 0 Å². The maximum atomic E-state index is 6.28. The van der Waals surface area contributed by atoms with E-state index in [1.165, 1.54) is 5.56 Å². The molecule has 0 amide bonds. The van der Waals surface area contributed by atoms with Gasteiger partial charge in [-0.25, -0.2) is 0 Å². The van der Waals surface area contributed by atoms with Crippen molar-refractivity contribution in [1.82, 2.24) is 15.0 Å². The van der Waals surface area contributed by atoms with E-state index < -0.39 is 0 Å². The zero-order chi connectivity index (χ0) is 21.8. The molecule has 1 saturated heterocycles. The fourth-order valence-electron chi connectivity index (χ4n) is 3.26. The summed E-state index contributed by atoms with van der Waals surface area (Å²) >= 11 is 6.28. The molecule has 0 aliphatic carbocycles. The quantitative estimate of drug-likeness (QED) is 0.542. The zero-order valence-electron chi connectivity index (χ0n) is 18.0. The molecule has 4 rings (SSSR count). The lowest BCUT2D eigenvalue weighted by molar-refractivity contribution is 0.122. The molecule has 2 N–H and O–H groups in total.